The van der Waals surface area contributed by atoms with E-state index >= 15 is 0 Å². The van der Waals surface area contributed by atoms with E-state index < -0.39 is 5.41 Å². The molecule has 0 saturated heterocycles. The van der Waals surface area contributed by atoms with Gasteiger partial charge in [0.25, 0.3) is 0 Å². The van der Waals surface area contributed by atoms with E-state index in [1.165, 1.54) is 71.8 Å². The highest BCUT2D eigenvalue weighted by atomic mass is 14.9. The molecule has 2 heteroatoms. The standard InChI is InChI=1S/C61H40N2/c1-5-19-42(20-6-1)57-40-58(63-60(62-57)43-21-7-2-8-22-43)54-37-36-49(51-30-15-16-31-52(51)54)46-24-17-23-44(38-46)45-33-34-53-55-35-32-41-18-13-14-29-50(41)59(55)61(56(53)39-45,47-25-9-3-10-26-47)48-27-11-4-12-28-48/h1-40H. The molecule has 1 heterocycles. The molecule has 0 amide bonds. The van der Waals surface area contributed by atoms with Crippen LogP contribution < -0.4 is 0 Å². The third kappa shape index (κ3) is 6.02. The van der Waals surface area contributed by atoms with E-state index in [0.29, 0.717) is 5.82 Å². The van der Waals surface area contributed by atoms with Crippen molar-refractivity contribution in [3.63, 3.8) is 0 Å². The Labute approximate surface area is 367 Å². The van der Waals surface area contributed by atoms with Crippen molar-refractivity contribution in [1.29, 1.82) is 0 Å². The van der Waals surface area contributed by atoms with Crippen LogP contribution in [0.15, 0.2) is 243 Å². The molecule has 0 bridgehead atoms. The molecule has 0 spiro atoms. The van der Waals surface area contributed by atoms with Crippen LogP contribution >= 0.6 is 0 Å². The lowest BCUT2D eigenvalue weighted by atomic mass is 9.66. The summed E-state index contributed by atoms with van der Waals surface area (Å²) in [4.78, 5) is 10.3. The highest BCUT2D eigenvalue weighted by Gasteiger charge is 2.47. The summed E-state index contributed by atoms with van der Waals surface area (Å²) in [6.45, 7) is 0. The van der Waals surface area contributed by atoms with Crippen molar-refractivity contribution < 1.29 is 0 Å². The summed E-state index contributed by atoms with van der Waals surface area (Å²) in [6.07, 6.45) is 0. The Bertz CT molecular complexity index is 3390. The lowest BCUT2D eigenvalue weighted by Gasteiger charge is -2.35. The number of hydrogen-bond donors (Lipinski definition) is 0. The van der Waals surface area contributed by atoms with Gasteiger partial charge in [-0.3, -0.25) is 0 Å². The molecule has 294 valence electrons. The van der Waals surface area contributed by atoms with Crippen LogP contribution in [0.3, 0.4) is 0 Å². The van der Waals surface area contributed by atoms with Crippen LogP contribution in [0.25, 0.3) is 88.8 Å². The van der Waals surface area contributed by atoms with E-state index in [9.17, 15) is 0 Å². The lowest BCUT2D eigenvalue weighted by Crippen LogP contribution is -2.28. The van der Waals surface area contributed by atoms with Gasteiger partial charge in [-0.25, -0.2) is 9.97 Å². The van der Waals surface area contributed by atoms with Gasteiger partial charge in [0, 0.05) is 16.7 Å². The Hall–Kier alpha value is -8.20. The minimum Gasteiger partial charge on any atom is -0.228 e. The van der Waals surface area contributed by atoms with Gasteiger partial charge < -0.3 is 0 Å². The highest BCUT2D eigenvalue weighted by molar-refractivity contribution is 6.05. The average molecular weight is 801 g/mol. The molecule has 0 N–H and O–H groups in total. The Balaban J connectivity index is 1.01. The zero-order chi connectivity index (χ0) is 41.7. The predicted octanol–water partition coefficient (Wildman–Crippen LogP) is 15.5. The van der Waals surface area contributed by atoms with Crippen LogP contribution in [0, 0.1) is 0 Å². The Morgan fingerprint density at radius 3 is 1.51 bits per heavy atom. The molecule has 2 nitrogen and oxygen atoms in total. The number of hydrogen-bond acceptors (Lipinski definition) is 2. The van der Waals surface area contributed by atoms with Gasteiger partial charge in [-0.15, -0.1) is 0 Å². The molecule has 63 heavy (non-hydrogen) atoms. The first-order chi connectivity index (χ1) is 31.2. The third-order valence-corrected chi connectivity index (χ3v) is 13.0. The first-order valence-electron chi connectivity index (χ1n) is 21.6. The van der Waals surface area contributed by atoms with Crippen molar-refractivity contribution in [3.05, 3.63) is 265 Å². The summed E-state index contributed by atoms with van der Waals surface area (Å²) in [6, 6.07) is 87.9. The summed E-state index contributed by atoms with van der Waals surface area (Å²) in [5.74, 6) is 0.710. The number of fused-ring (bicyclic) bond motifs is 6. The summed E-state index contributed by atoms with van der Waals surface area (Å²) < 4.78 is 0. The Morgan fingerprint density at radius 1 is 0.286 bits per heavy atom. The van der Waals surface area contributed by atoms with Gasteiger partial charge in [0.05, 0.1) is 16.8 Å². The van der Waals surface area contributed by atoms with Crippen molar-refractivity contribution in [2.24, 2.45) is 0 Å². The van der Waals surface area contributed by atoms with Crippen LogP contribution in [0.1, 0.15) is 22.3 Å². The second kappa shape index (κ2) is 15.1. The first-order valence-corrected chi connectivity index (χ1v) is 21.6. The molecular weight excluding hydrogens is 761 g/mol. The number of rotatable bonds is 7. The molecular formula is C61H40N2. The van der Waals surface area contributed by atoms with Crippen molar-refractivity contribution in [2.45, 2.75) is 5.41 Å². The molecule has 0 fully saturated rings. The molecule has 0 aliphatic heterocycles. The van der Waals surface area contributed by atoms with E-state index in [1.54, 1.807) is 0 Å². The second-order valence-electron chi connectivity index (χ2n) is 16.4. The molecule has 0 unspecified atom stereocenters. The SMILES string of the molecule is c1ccc(-c2cc(-c3ccc(-c4cccc(-c5ccc6c(c5)C(c5ccccc5)(c5ccccc5)c5c-6ccc6ccccc56)c4)c4ccccc34)nc(-c3ccccc3)n2)cc1. The maximum atomic E-state index is 5.21. The minimum absolute atomic E-state index is 0.518. The maximum absolute atomic E-state index is 5.21. The monoisotopic (exact) mass is 800 g/mol. The van der Waals surface area contributed by atoms with E-state index in [4.69, 9.17) is 9.97 Å². The normalized spacial score (nSPS) is 12.6. The zero-order valence-electron chi connectivity index (χ0n) is 34.5. The fourth-order valence-corrected chi connectivity index (χ4v) is 10.1. The fraction of sp³-hybridized carbons (Fsp3) is 0.0164. The topological polar surface area (TPSA) is 25.8 Å². The van der Waals surface area contributed by atoms with Gasteiger partial charge in [0.1, 0.15) is 0 Å². The number of aromatic nitrogens is 2. The van der Waals surface area contributed by atoms with Gasteiger partial charge in [0.15, 0.2) is 5.82 Å². The van der Waals surface area contributed by atoms with E-state index in [1.807, 2.05) is 24.3 Å². The second-order valence-corrected chi connectivity index (χ2v) is 16.4. The molecule has 11 aromatic rings. The van der Waals surface area contributed by atoms with Crippen molar-refractivity contribution in [3.8, 4) is 67.3 Å². The smallest absolute Gasteiger partial charge is 0.160 e. The van der Waals surface area contributed by atoms with Crippen LogP contribution in [0.2, 0.25) is 0 Å². The molecule has 0 saturated carbocycles. The minimum atomic E-state index is -0.518. The van der Waals surface area contributed by atoms with E-state index in [0.717, 1.165) is 33.5 Å². The van der Waals surface area contributed by atoms with E-state index in [-0.39, 0.29) is 0 Å². The predicted molar refractivity (Wildman–Crippen MR) is 262 cm³/mol. The summed E-state index contributed by atoms with van der Waals surface area (Å²) in [5, 5.41) is 4.86. The molecule has 10 aromatic carbocycles. The van der Waals surface area contributed by atoms with Crippen molar-refractivity contribution >= 4 is 21.5 Å². The molecule has 12 rings (SSSR count). The Kier molecular flexibility index (Phi) is 8.76. The molecule has 0 radical (unpaired) electrons. The van der Waals surface area contributed by atoms with Crippen LogP contribution in [-0.4, -0.2) is 9.97 Å². The lowest BCUT2D eigenvalue weighted by molar-refractivity contribution is 0.776. The van der Waals surface area contributed by atoms with Gasteiger partial charge in [-0.05, 0) is 95.4 Å². The maximum Gasteiger partial charge on any atom is 0.160 e. The quantitative estimate of drug-likeness (QED) is 0.160. The third-order valence-electron chi connectivity index (χ3n) is 13.0. The van der Waals surface area contributed by atoms with Crippen LogP contribution in [0.4, 0.5) is 0 Å². The van der Waals surface area contributed by atoms with Crippen LogP contribution in [-0.2, 0) is 5.41 Å². The molecule has 1 aromatic heterocycles. The highest BCUT2D eigenvalue weighted by Crippen LogP contribution is 2.58. The molecule has 0 atom stereocenters. The van der Waals surface area contributed by atoms with E-state index in [2.05, 4.69) is 218 Å². The molecule has 1 aliphatic rings. The first kappa shape index (κ1) is 36.6. The van der Waals surface area contributed by atoms with Gasteiger partial charge in [-0.2, -0.15) is 0 Å². The van der Waals surface area contributed by atoms with Gasteiger partial charge in [0.2, 0.25) is 0 Å². The van der Waals surface area contributed by atoms with Crippen molar-refractivity contribution in [2.75, 3.05) is 0 Å². The van der Waals surface area contributed by atoms with Crippen molar-refractivity contribution in [1.82, 2.24) is 9.97 Å². The zero-order valence-corrected chi connectivity index (χ0v) is 34.5. The van der Waals surface area contributed by atoms with Crippen LogP contribution in [0.5, 0.6) is 0 Å². The number of benzene rings is 10. The van der Waals surface area contributed by atoms with Gasteiger partial charge in [-0.1, -0.05) is 224 Å². The van der Waals surface area contributed by atoms with Gasteiger partial charge >= 0.3 is 0 Å². The largest absolute Gasteiger partial charge is 0.228 e. The average Bonchev–Trinajstić information content (AvgIpc) is 3.68. The Morgan fingerprint density at radius 2 is 0.794 bits per heavy atom. The summed E-state index contributed by atoms with van der Waals surface area (Å²) in [7, 11) is 0. The molecule has 1 aliphatic carbocycles. The summed E-state index contributed by atoms with van der Waals surface area (Å²) >= 11 is 0. The fourth-order valence-electron chi connectivity index (χ4n) is 10.1. The summed E-state index contributed by atoms with van der Waals surface area (Å²) in [5.41, 5.74) is 16.9. The number of nitrogens with zero attached hydrogens (tertiary/aromatic N) is 2.